The fraction of sp³-hybridized carbons (Fsp3) is 0.667. The van der Waals surface area contributed by atoms with Crippen LogP contribution in [0.15, 0.2) is 12.7 Å². The van der Waals surface area contributed by atoms with E-state index in [2.05, 4.69) is 6.58 Å². The summed E-state index contributed by atoms with van der Waals surface area (Å²) >= 11 is 0. The number of hydrogen-bond donors (Lipinski definition) is 0. The fourth-order valence-electron chi connectivity index (χ4n) is 0.348. The number of rotatable bonds is 3. The van der Waals surface area contributed by atoms with Crippen LogP contribution in [-0.2, 0) is 0 Å². The second-order valence-electron chi connectivity index (χ2n) is 1.78. The van der Waals surface area contributed by atoms with Crippen molar-refractivity contribution in [1.82, 2.24) is 0 Å². The van der Waals surface area contributed by atoms with E-state index in [-0.39, 0.29) is 12.6 Å². The minimum Gasteiger partial charge on any atom is -0.251 e. The van der Waals surface area contributed by atoms with Gasteiger partial charge in [-0.3, -0.25) is 4.39 Å². The number of allylic oxidation sites excluding steroid dienone is 1. The molecule has 0 aliphatic rings. The third-order valence-electron chi connectivity index (χ3n) is 0.832. The van der Waals surface area contributed by atoms with Crippen LogP contribution in [0.5, 0.6) is 0 Å². The summed E-state index contributed by atoms with van der Waals surface area (Å²) in [4.78, 5) is 0. The zero-order chi connectivity index (χ0) is 5.70. The van der Waals surface area contributed by atoms with Gasteiger partial charge in [-0.2, -0.15) is 0 Å². The summed E-state index contributed by atoms with van der Waals surface area (Å²) in [7, 11) is 0. The van der Waals surface area contributed by atoms with Crippen LogP contribution in [0.4, 0.5) is 4.39 Å². The topological polar surface area (TPSA) is 0 Å². The first kappa shape index (κ1) is 6.67. The first-order valence-electron chi connectivity index (χ1n) is 2.48. The third kappa shape index (κ3) is 3.50. The van der Waals surface area contributed by atoms with Crippen LogP contribution in [0.1, 0.15) is 13.3 Å². The molecule has 1 atom stereocenters. The third-order valence-corrected chi connectivity index (χ3v) is 0.832. The van der Waals surface area contributed by atoms with Crippen LogP contribution in [-0.4, -0.2) is 6.67 Å². The van der Waals surface area contributed by atoms with Gasteiger partial charge in [0.2, 0.25) is 0 Å². The monoisotopic (exact) mass is 102 g/mol. The molecular formula is C6H11F. The fourth-order valence-corrected chi connectivity index (χ4v) is 0.348. The van der Waals surface area contributed by atoms with E-state index in [1.165, 1.54) is 0 Å². The molecule has 42 valence electrons. The largest absolute Gasteiger partial charge is 0.251 e. The molecule has 0 aromatic carbocycles. The lowest BCUT2D eigenvalue weighted by Crippen LogP contribution is -1.92. The second-order valence-corrected chi connectivity index (χ2v) is 1.78. The van der Waals surface area contributed by atoms with Gasteiger partial charge in [0.1, 0.15) is 0 Å². The summed E-state index contributed by atoms with van der Waals surface area (Å²) in [6, 6.07) is 0. The zero-order valence-corrected chi connectivity index (χ0v) is 4.65. The van der Waals surface area contributed by atoms with Crippen LogP contribution in [0.2, 0.25) is 0 Å². The van der Waals surface area contributed by atoms with E-state index in [4.69, 9.17) is 0 Å². The van der Waals surface area contributed by atoms with Crippen molar-refractivity contribution in [3.8, 4) is 0 Å². The SMILES string of the molecule is C=CCC(C)CF. The summed E-state index contributed by atoms with van der Waals surface area (Å²) < 4.78 is 11.5. The average molecular weight is 102 g/mol. The van der Waals surface area contributed by atoms with Gasteiger partial charge < -0.3 is 0 Å². The minimum atomic E-state index is -0.230. The quantitative estimate of drug-likeness (QED) is 0.479. The summed E-state index contributed by atoms with van der Waals surface area (Å²) in [5, 5.41) is 0. The Labute approximate surface area is 44.0 Å². The van der Waals surface area contributed by atoms with Gasteiger partial charge in [-0.15, -0.1) is 6.58 Å². The van der Waals surface area contributed by atoms with Crippen LogP contribution in [0.3, 0.4) is 0 Å². The number of alkyl halides is 1. The van der Waals surface area contributed by atoms with E-state index in [0.29, 0.717) is 0 Å². The van der Waals surface area contributed by atoms with Crippen molar-refractivity contribution in [1.29, 1.82) is 0 Å². The van der Waals surface area contributed by atoms with E-state index in [9.17, 15) is 4.39 Å². The first-order valence-corrected chi connectivity index (χ1v) is 2.48. The van der Waals surface area contributed by atoms with Crippen molar-refractivity contribution >= 4 is 0 Å². The maximum absolute atomic E-state index is 11.5. The number of halogens is 1. The Morgan fingerprint density at radius 1 is 1.86 bits per heavy atom. The minimum absolute atomic E-state index is 0.164. The highest BCUT2D eigenvalue weighted by Gasteiger charge is 1.93. The van der Waals surface area contributed by atoms with Crippen LogP contribution in [0, 0.1) is 5.92 Å². The lowest BCUT2D eigenvalue weighted by Gasteiger charge is -1.97. The highest BCUT2D eigenvalue weighted by molar-refractivity contribution is 4.69. The van der Waals surface area contributed by atoms with Gasteiger partial charge in [-0.1, -0.05) is 13.0 Å². The smallest absolute Gasteiger partial charge is 0.0922 e. The van der Waals surface area contributed by atoms with Crippen LogP contribution < -0.4 is 0 Å². The van der Waals surface area contributed by atoms with Gasteiger partial charge in [0.25, 0.3) is 0 Å². The van der Waals surface area contributed by atoms with E-state index in [0.717, 1.165) is 6.42 Å². The molecule has 0 nitrogen and oxygen atoms in total. The molecule has 7 heavy (non-hydrogen) atoms. The van der Waals surface area contributed by atoms with Gasteiger partial charge in [0, 0.05) is 0 Å². The molecule has 0 spiro atoms. The molecular weight excluding hydrogens is 91.1 g/mol. The summed E-state index contributed by atoms with van der Waals surface area (Å²) in [5.41, 5.74) is 0. The van der Waals surface area contributed by atoms with Crippen molar-refractivity contribution in [2.45, 2.75) is 13.3 Å². The van der Waals surface area contributed by atoms with E-state index in [1.807, 2.05) is 6.92 Å². The molecule has 1 heteroatoms. The van der Waals surface area contributed by atoms with Gasteiger partial charge in [-0.05, 0) is 12.3 Å². The Kier molecular flexibility index (Phi) is 3.67. The highest BCUT2D eigenvalue weighted by Crippen LogP contribution is 2.00. The molecule has 0 rings (SSSR count). The zero-order valence-electron chi connectivity index (χ0n) is 4.65. The van der Waals surface area contributed by atoms with Crippen LogP contribution >= 0.6 is 0 Å². The van der Waals surface area contributed by atoms with Crippen molar-refractivity contribution in [2.24, 2.45) is 5.92 Å². The number of hydrogen-bond acceptors (Lipinski definition) is 0. The van der Waals surface area contributed by atoms with Crippen molar-refractivity contribution in [3.63, 3.8) is 0 Å². The molecule has 0 N–H and O–H groups in total. The molecule has 0 amide bonds. The van der Waals surface area contributed by atoms with Crippen molar-refractivity contribution < 1.29 is 4.39 Å². The highest BCUT2D eigenvalue weighted by atomic mass is 19.1. The molecule has 0 aliphatic heterocycles. The van der Waals surface area contributed by atoms with Gasteiger partial charge >= 0.3 is 0 Å². The molecule has 0 aromatic rings. The lowest BCUT2D eigenvalue weighted by molar-refractivity contribution is 0.385. The summed E-state index contributed by atoms with van der Waals surface area (Å²) in [5.74, 6) is 0.164. The average Bonchev–Trinajstić information content (AvgIpc) is 1.68. The van der Waals surface area contributed by atoms with Gasteiger partial charge in [-0.25, -0.2) is 0 Å². The van der Waals surface area contributed by atoms with E-state index < -0.39 is 0 Å². The Morgan fingerprint density at radius 2 is 2.43 bits per heavy atom. The Morgan fingerprint density at radius 3 is 2.57 bits per heavy atom. The van der Waals surface area contributed by atoms with E-state index in [1.54, 1.807) is 6.08 Å². The standard InChI is InChI=1S/C6H11F/c1-3-4-6(2)5-7/h3,6H,1,4-5H2,2H3. The molecule has 0 bridgehead atoms. The summed E-state index contributed by atoms with van der Waals surface area (Å²) in [6.07, 6.45) is 2.53. The van der Waals surface area contributed by atoms with Crippen molar-refractivity contribution in [2.75, 3.05) is 6.67 Å². The predicted octanol–water partition coefficient (Wildman–Crippen LogP) is 2.17. The molecule has 0 saturated heterocycles. The summed E-state index contributed by atoms with van der Waals surface area (Å²) in [6.45, 7) is 5.11. The first-order chi connectivity index (χ1) is 3.31. The molecule has 0 heterocycles. The molecule has 0 fully saturated rings. The normalized spacial score (nSPS) is 13.4. The maximum atomic E-state index is 11.5. The predicted molar refractivity (Wildman–Crippen MR) is 30.0 cm³/mol. The van der Waals surface area contributed by atoms with Crippen molar-refractivity contribution in [3.05, 3.63) is 12.7 Å². The molecule has 0 aliphatic carbocycles. The second kappa shape index (κ2) is 3.85. The molecule has 0 radical (unpaired) electrons. The molecule has 0 saturated carbocycles. The Hall–Kier alpha value is -0.330. The van der Waals surface area contributed by atoms with Crippen LogP contribution in [0.25, 0.3) is 0 Å². The van der Waals surface area contributed by atoms with E-state index >= 15 is 0 Å². The van der Waals surface area contributed by atoms with Gasteiger partial charge in [0.05, 0.1) is 6.67 Å². The maximum Gasteiger partial charge on any atom is 0.0922 e. The molecule has 0 aromatic heterocycles. The Bertz CT molecular complexity index is 50.1. The lowest BCUT2D eigenvalue weighted by atomic mass is 10.1. The Balaban J connectivity index is 2.98. The molecule has 1 unspecified atom stereocenters. The van der Waals surface area contributed by atoms with Gasteiger partial charge in [0.15, 0.2) is 0 Å².